The lowest BCUT2D eigenvalue weighted by Gasteiger charge is -2.21. The zero-order valence-corrected chi connectivity index (χ0v) is 13.1. The number of carbonyl (C=O) groups is 2. The second-order valence-electron chi connectivity index (χ2n) is 4.87. The van der Waals surface area contributed by atoms with Crippen molar-refractivity contribution in [2.24, 2.45) is 0 Å². The Morgan fingerprint density at radius 2 is 2.10 bits per heavy atom. The van der Waals surface area contributed by atoms with E-state index >= 15 is 0 Å². The predicted octanol–water partition coefficient (Wildman–Crippen LogP) is 2.10. The quantitative estimate of drug-likeness (QED) is 0.938. The first kappa shape index (κ1) is 15.2. The van der Waals surface area contributed by atoms with Gasteiger partial charge in [0.15, 0.2) is 5.13 Å². The van der Waals surface area contributed by atoms with Crippen LogP contribution in [-0.2, 0) is 4.79 Å². The highest BCUT2D eigenvalue weighted by atomic mass is 32.1. The van der Waals surface area contributed by atoms with Crippen molar-refractivity contribution < 1.29 is 14.7 Å². The molecule has 0 aliphatic rings. The minimum absolute atomic E-state index is 0.305. The molecular weight excluding hydrogens is 290 g/mol. The first-order chi connectivity index (χ1) is 9.84. The smallest absolute Gasteiger partial charge is 0.326 e. The van der Waals surface area contributed by atoms with Gasteiger partial charge in [0.25, 0.3) is 5.91 Å². The molecule has 0 radical (unpaired) electrons. The number of aryl methyl sites for hydroxylation is 1. The molecule has 7 heteroatoms. The molecular formula is C14H17N3O3S. The maximum absolute atomic E-state index is 12.5. The topological polar surface area (TPSA) is 75.4 Å². The highest BCUT2D eigenvalue weighted by molar-refractivity contribution is 7.12. The molecule has 0 fully saturated rings. The lowest BCUT2D eigenvalue weighted by molar-refractivity contribution is -0.141. The number of carboxylic acid groups (broad SMARTS) is 1. The fourth-order valence-electron chi connectivity index (χ4n) is 2.13. The van der Waals surface area contributed by atoms with Crippen molar-refractivity contribution in [2.75, 3.05) is 7.05 Å². The van der Waals surface area contributed by atoms with Crippen LogP contribution in [0.5, 0.6) is 0 Å². The van der Waals surface area contributed by atoms with Crippen LogP contribution in [0.2, 0.25) is 0 Å². The Labute approximate surface area is 126 Å². The van der Waals surface area contributed by atoms with Crippen LogP contribution in [0.3, 0.4) is 0 Å². The Bertz CT molecular complexity index is 676. The van der Waals surface area contributed by atoms with E-state index in [0.29, 0.717) is 5.56 Å². The molecule has 0 aliphatic heterocycles. The molecule has 2 aromatic rings. The van der Waals surface area contributed by atoms with E-state index in [1.165, 1.54) is 30.2 Å². The number of aromatic nitrogens is 2. The molecule has 0 spiro atoms. The minimum atomic E-state index is -1.03. The second kappa shape index (κ2) is 5.69. The normalized spacial score (nSPS) is 12.2. The van der Waals surface area contributed by atoms with Crippen molar-refractivity contribution in [3.63, 3.8) is 0 Å². The van der Waals surface area contributed by atoms with Crippen molar-refractivity contribution in [1.82, 2.24) is 14.5 Å². The van der Waals surface area contributed by atoms with Gasteiger partial charge in [0, 0.05) is 30.0 Å². The fraction of sp³-hybridized carbons (Fsp3) is 0.357. The minimum Gasteiger partial charge on any atom is -0.480 e. The maximum Gasteiger partial charge on any atom is 0.326 e. The number of rotatable bonds is 4. The Kier molecular flexibility index (Phi) is 4.13. The third-order valence-electron chi connectivity index (χ3n) is 3.53. The number of amides is 1. The number of thiazole rings is 1. The van der Waals surface area contributed by atoms with Gasteiger partial charge >= 0.3 is 5.97 Å². The van der Waals surface area contributed by atoms with Gasteiger partial charge in [0.2, 0.25) is 0 Å². The van der Waals surface area contributed by atoms with E-state index in [9.17, 15) is 9.59 Å². The zero-order valence-electron chi connectivity index (χ0n) is 12.3. The lowest BCUT2D eigenvalue weighted by atomic mass is 10.2. The third kappa shape index (κ3) is 2.69. The summed E-state index contributed by atoms with van der Waals surface area (Å²) in [5.74, 6) is -1.33. The monoisotopic (exact) mass is 307 g/mol. The number of hydrogen-bond donors (Lipinski definition) is 1. The Morgan fingerprint density at radius 3 is 2.62 bits per heavy atom. The van der Waals surface area contributed by atoms with Crippen LogP contribution in [0.1, 0.15) is 28.7 Å². The Morgan fingerprint density at radius 1 is 1.43 bits per heavy atom. The summed E-state index contributed by atoms with van der Waals surface area (Å²) in [6, 6.07) is 0.893. The summed E-state index contributed by atoms with van der Waals surface area (Å²) < 4.78 is 1.90. The van der Waals surface area contributed by atoms with Gasteiger partial charge in [0.05, 0.1) is 5.56 Å². The van der Waals surface area contributed by atoms with E-state index in [4.69, 9.17) is 5.11 Å². The predicted molar refractivity (Wildman–Crippen MR) is 80.1 cm³/mol. The number of nitrogens with zero attached hydrogens (tertiary/aromatic N) is 3. The van der Waals surface area contributed by atoms with Crippen LogP contribution < -0.4 is 0 Å². The first-order valence-corrected chi connectivity index (χ1v) is 7.31. The average Bonchev–Trinajstić information content (AvgIpc) is 3.04. The number of carboxylic acids is 1. The van der Waals surface area contributed by atoms with Gasteiger partial charge in [-0.3, -0.25) is 9.36 Å². The van der Waals surface area contributed by atoms with Crippen LogP contribution in [0.25, 0.3) is 5.13 Å². The zero-order chi connectivity index (χ0) is 15.7. The van der Waals surface area contributed by atoms with Gasteiger partial charge in [-0.2, -0.15) is 0 Å². The van der Waals surface area contributed by atoms with E-state index in [2.05, 4.69) is 4.98 Å². The standard InChI is InChI=1S/C14H17N3O3S/c1-8-7-11(12(18)16(4)10(3)13(19)20)9(2)17(8)14-15-5-6-21-14/h5-7,10H,1-4H3,(H,19,20). The SMILES string of the molecule is Cc1cc(C(=O)N(C)C(C)C(=O)O)c(C)n1-c1nccs1. The molecule has 112 valence electrons. The van der Waals surface area contributed by atoms with Crippen LogP contribution in [0.4, 0.5) is 0 Å². The second-order valence-corrected chi connectivity index (χ2v) is 5.74. The molecule has 0 saturated carbocycles. The molecule has 21 heavy (non-hydrogen) atoms. The first-order valence-electron chi connectivity index (χ1n) is 6.43. The van der Waals surface area contributed by atoms with Gasteiger partial charge < -0.3 is 10.0 Å². The number of aliphatic carboxylic acids is 1. The number of carbonyl (C=O) groups excluding carboxylic acids is 1. The fourth-order valence-corrected chi connectivity index (χ4v) is 2.88. The van der Waals surface area contributed by atoms with Crippen molar-refractivity contribution in [3.8, 4) is 5.13 Å². The van der Waals surface area contributed by atoms with Gasteiger partial charge in [0.1, 0.15) is 6.04 Å². The van der Waals surface area contributed by atoms with Gasteiger partial charge in [-0.1, -0.05) is 0 Å². The summed E-state index contributed by atoms with van der Waals surface area (Å²) in [5.41, 5.74) is 2.15. The molecule has 1 N–H and O–H groups in total. The molecule has 2 aromatic heterocycles. The highest BCUT2D eigenvalue weighted by Crippen LogP contribution is 2.23. The maximum atomic E-state index is 12.5. The molecule has 0 aromatic carbocycles. The number of likely N-dealkylation sites (N-methyl/N-ethyl adjacent to an activating group) is 1. The van der Waals surface area contributed by atoms with E-state index < -0.39 is 12.0 Å². The van der Waals surface area contributed by atoms with Crippen molar-refractivity contribution in [1.29, 1.82) is 0 Å². The van der Waals surface area contributed by atoms with Gasteiger partial charge in [-0.05, 0) is 26.8 Å². The summed E-state index contributed by atoms with van der Waals surface area (Å²) >= 11 is 1.48. The Balaban J connectivity index is 2.40. The average molecular weight is 307 g/mol. The molecule has 1 amide bonds. The van der Waals surface area contributed by atoms with Crippen LogP contribution in [0, 0.1) is 13.8 Å². The van der Waals surface area contributed by atoms with Crippen molar-refractivity contribution in [3.05, 3.63) is 34.6 Å². The van der Waals surface area contributed by atoms with E-state index in [1.54, 1.807) is 12.3 Å². The van der Waals surface area contributed by atoms with E-state index in [0.717, 1.165) is 16.5 Å². The largest absolute Gasteiger partial charge is 0.480 e. The van der Waals surface area contributed by atoms with E-state index in [1.807, 2.05) is 23.8 Å². The van der Waals surface area contributed by atoms with Crippen LogP contribution in [-0.4, -0.2) is 44.5 Å². The summed E-state index contributed by atoms with van der Waals surface area (Å²) in [5, 5.41) is 11.7. The third-order valence-corrected chi connectivity index (χ3v) is 4.29. The lowest BCUT2D eigenvalue weighted by Crippen LogP contribution is -2.40. The number of hydrogen-bond acceptors (Lipinski definition) is 4. The Hall–Kier alpha value is -2.15. The molecule has 2 rings (SSSR count). The van der Waals surface area contributed by atoms with Crippen LogP contribution in [0.15, 0.2) is 17.6 Å². The highest BCUT2D eigenvalue weighted by Gasteiger charge is 2.26. The molecule has 6 nitrogen and oxygen atoms in total. The molecule has 0 saturated heterocycles. The summed E-state index contributed by atoms with van der Waals surface area (Å²) in [7, 11) is 1.50. The summed E-state index contributed by atoms with van der Waals surface area (Å²) in [6.45, 7) is 5.22. The van der Waals surface area contributed by atoms with E-state index in [-0.39, 0.29) is 5.91 Å². The summed E-state index contributed by atoms with van der Waals surface area (Å²) in [6.07, 6.45) is 1.71. The molecule has 0 aliphatic carbocycles. The summed E-state index contributed by atoms with van der Waals surface area (Å²) in [4.78, 5) is 29.0. The molecule has 1 unspecified atom stereocenters. The van der Waals surface area contributed by atoms with Crippen LogP contribution >= 0.6 is 11.3 Å². The van der Waals surface area contributed by atoms with Crippen molar-refractivity contribution in [2.45, 2.75) is 26.8 Å². The molecule has 2 heterocycles. The van der Waals surface area contributed by atoms with Gasteiger partial charge in [-0.15, -0.1) is 11.3 Å². The molecule has 0 bridgehead atoms. The van der Waals surface area contributed by atoms with Crippen molar-refractivity contribution >= 4 is 23.2 Å². The molecule has 1 atom stereocenters. The van der Waals surface area contributed by atoms with Gasteiger partial charge in [-0.25, -0.2) is 9.78 Å².